The molecule has 0 aliphatic rings. The monoisotopic (exact) mass is 581 g/mol. The maximum absolute atomic E-state index is 2.46. The van der Waals surface area contributed by atoms with E-state index in [-0.39, 0.29) is 0 Å². The van der Waals surface area contributed by atoms with Gasteiger partial charge in [-0.25, -0.2) is 0 Å². The minimum atomic E-state index is 1.18. The lowest BCUT2D eigenvalue weighted by Crippen LogP contribution is -1.91. The molecule has 200 valence electrons. The van der Waals surface area contributed by atoms with Crippen LogP contribution in [0.1, 0.15) is 0 Å². The van der Waals surface area contributed by atoms with Gasteiger partial charge in [0.25, 0.3) is 0 Å². The predicted octanol–water partition coefficient (Wildman–Crippen LogP) is 12.3. The van der Waals surface area contributed by atoms with Crippen LogP contribution in [-0.2, 0) is 0 Å². The summed E-state index contributed by atoms with van der Waals surface area (Å²) in [4.78, 5) is 0. The van der Waals surface area contributed by atoms with Crippen LogP contribution in [0.3, 0.4) is 0 Å². The maximum atomic E-state index is 2.46. The Labute approximate surface area is 255 Å². The Morgan fingerprint density at radius 2 is 1.14 bits per heavy atom. The molecule has 43 heavy (non-hydrogen) atoms. The summed E-state index contributed by atoms with van der Waals surface area (Å²) >= 11 is 3.80. The molecule has 0 bridgehead atoms. The number of benzene rings is 7. The van der Waals surface area contributed by atoms with E-state index in [0.717, 1.165) is 0 Å². The molecule has 0 spiro atoms. The van der Waals surface area contributed by atoms with Gasteiger partial charge in [-0.15, -0.1) is 22.7 Å². The number of thiophene rings is 2. The molecule has 7 aromatic carbocycles. The van der Waals surface area contributed by atoms with Crippen molar-refractivity contribution < 1.29 is 0 Å². The van der Waals surface area contributed by atoms with Gasteiger partial charge in [0, 0.05) is 63.2 Å². The molecular formula is C40H23NS2. The highest BCUT2D eigenvalue weighted by molar-refractivity contribution is 7.26. The smallest absolute Gasteiger partial charge is 0.0534 e. The fourth-order valence-electron chi connectivity index (χ4n) is 7.00. The van der Waals surface area contributed by atoms with Crippen LogP contribution in [0.5, 0.6) is 0 Å². The Balaban J connectivity index is 1.37. The van der Waals surface area contributed by atoms with E-state index in [1.54, 1.807) is 0 Å². The number of hydrogen-bond acceptors (Lipinski definition) is 2. The van der Waals surface area contributed by atoms with E-state index >= 15 is 0 Å². The van der Waals surface area contributed by atoms with E-state index in [0.29, 0.717) is 0 Å². The van der Waals surface area contributed by atoms with Crippen molar-refractivity contribution in [1.82, 2.24) is 4.57 Å². The molecule has 3 aromatic heterocycles. The molecule has 0 N–H and O–H groups in total. The predicted molar refractivity (Wildman–Crippen MR) is 190 cm³/mol. The van der Waals surface area contributed by atoms with Crippen LogP contribution in [0.15, 0.2) is 140 Å². The summed E-state index contributed by atoms with van der Waals surface area (Å²) in [7, 11) is 0. The van der Waals surface area contributed by atoms with Gasteiger partial charge in [0.15, 0.2) is 0 Å². The number of para-hydroxylation sites is 1. The first-order valence-corrected chi connectivity index (χ1v) is 16.2. The molecule has 10 rings (SSSR count). The minimum Gasteiger partial charge on any atom is -0.317 e. The molecule has 0 unspecified atom stereocenters. The van der Waals surface area contributed by atoms with Gasteiger partial charge in [0.05, 0.1) is 5.52 Å². The first-order chi connectivity index (χ1) is 21.3. The molecule has 0 fully saturated rings. The van der Waals surface area contributed by atoms with Crippen molar-refractivity contribution in [2.45, 2.75) is 0 Å². The first kappa shape index (κ1) is 23.6. The van der Waals surface area contributed by atoms with Gasteiger partial charge in [0.2, 0.25) is 0 Å². The van der Waals surface area contributed by atoms with Crippen LogP contribution in [0.25, 0.3) is 89.6 Å². The highest BCUT2D eigenvalue weighted by atomic mass is 32.1. The summed E-state index contributed by atoms with van der Waals surface area (Å²) in [6.45, 7) is 0. The normalized spacial score (nSPS) is 12.2. The average Bonchev–Trinajstić information content (AvgIpc) is 3.76. The molecule has 0 aliphatic heterocycles. The number of fused-ring (bicyclic) bond motifs is 10. The molecule has 1 nitrogen and oxygen atoms in total. The van der Waals surface area contributed by atoms with Crippen molar-refractivity contribution in [3.05, 3.63) is 140 Å². The summed E-state index contributed by atoms with van der Waals surface area (Å²) in [5, 5.41) is 11.8. The van der Waals surface area contributed by atoms with Crippen molar-refractivity contribution in [3.8, 4) is 16.8 Å². The fourth-order valence-corrected chi connectivity index (χ4v) is 9.35. The van der Waals surface area contributed by atoms with Crippen molar-refractivity contribution in [1.29, 1.82) is 0 Å². The summed E-state index contributed by atoms with van der Waals surface area (Å²) in [6.07, 6.45) is 2.20. The van der Waals surface area contributed by atoms with Crippen LogP contribution in [0.2, 0.25) is 0 Å². The molecule has 0 atom stereocenters. The van der Waals surface area contributed by atoms with E-state index in [1.165, 1.54) is 89.6 Å². The third-order valence-electron chi connectivity index (χ3n) is 8.99. The van der Waals surface area contributed by atoms with Gasteiger partial charge in [-0.05, 0) is 87.8 Å². The van der Waals surface area contributed by atoms with Gasteiger partial charge in [-0.3, -0.25) is 0 Å². The average molecular weight is 582 g/mol. The van der Waals surface area contributed by atoms with Crippen LogP contribution >= 0.6 is 22.7 Å². The molecule has 10 aromatic rings. The second-order valence-corrected chi connectivity index (χ2v) is 13.5. The lowest BCUT2D eigenvalue weighted by atomic mass is 9.91. The van der Waals surface area contributed by atoms with E-state index < -0.39 is 0 Å². The van der Waals surface area contributed by atoms with Crippen LogP contribution in [0.4, 0.5) is 0 Å². The van der Waals surface area contributed by atoms with Crippen molar-refractivity contribution in [2.75, 3.05) is 0 Å². The van der Waals surface area contributed by atoms with Crippen molar-refractivity contribution in [2.24, 2.45) is 0 Å². The highest BCUT2D eigenvalue weighted by Gasteiger charge is 2.17. The zero-order valence-corrected chi connectivity index (χ0v) is 24.7. The third kappa shape index (κ3) is 3.38. The number of rotatable bonds is 2. The number of nitrogens with zero attached hydrogens (tertiary/aromatic N) is 1. The van der Waals surface area contributed by atoms with Crippen molar-refractivity contribution >= 4 is 95.5 Å². The Hall–Kier alpha value is -4.96. The lowest BCUT2D eigenvalue weighted by molar-refractivity contribution is 1.13. The van der Waals surface area contributed by atoms with Gasteiger partial charge in [0.1, 0.15) is 0 Å². The molecule has 0 radical (unpaired) electrons. The molecule has 3 heteroatoms. The topological polar surface area (TPSA) is 4.93 Å². The summed E-state index contributed by atoms with van der Waals surface area (Å²) in [5.41, 5.74) is 5.02. The third-order valence-corrected chi connectivity index (χ3v) is 11.3. The van der Waals surface area contributed by atoms with E-state index in [4.69, 9.17) is 0 Å². The fraction of sp³-hybridized carbons (Fsp3) is 0. The van der Waals surface area contributed by atoms with E-state index in [9.17, 15) is 0 Å². The number of hydrogen-bond donors (Lipinski definition) is 0. The molecule has 3 heterocycles. The van der Waals surface area contributed by atoms with Gasteiger partial charge in [-0.1, -0.05) is 72.8 Å². The second-order valence-electron chi connectivity index (χ2n) is 11.4. The van der Waals surface area contributed by atoms with E-state index in [1.807, 2.05) is 22.7 Å². The highest BCUT2D eigenvalue weighted by Crippen LogP contribution is 2.46. The van der Waals surface area contributed by atoms with Crippen LogP contribution in [-0.4, -0.2) is 4.57 Å². The Bertz CT molecular complexity index is 2720. The van der Waals surface area contributed by atoms with Crippen LogP contribution < -0.4 is 0 Å². The Kier molecular flexibility index (Phi) is 4.81. The molecule has 0 saturated carbocycles. The van der Waals surface area contributed by atoms with Crippen molar-refractivity contribution in [3.63, 3.8) is 0 Å². The SMILES string of the molecule is c1ccc(-n2ccc3cc4c(cc(-c5cccc6c5sc5ccccc56)c5cc6c(cc54)sc4ccccc46)cc32)cc1. The minimum absolute atomic E-state index is 1.18. The molecular weight excluding hydrogens is 559 g/mol. The molecule has 0 amide bonds. The summed E-state index contributed by atoms with van der Waals surface area (Å²) in [6, 6.07) is 49.5. The van der Waals surface area contributed by atoms with E-state index in [2.05, 4.69) is 144 Å². The molecule has 0 aliphatic carbocycles. The molecule has 0 saturated heterocycles. The first-order valence-electron chi connectivity index (χ1n) is 14.6. The Morgan fingerprint density at radius 1 is 0.395 bits per heavy atom. The van der Waals surface area contributed by atoms with Gasteiger partial charge < -0.3 is 4.57 Å². The standard InChI is InChI=1S/C40H23NS2/c1-2-9-26(10-3-1)41-18-17-24-19-31-25(21-36(24)41)20-32(30-14-8-13-29-27-11-4-7-16-38(27)43-40(29)30)33-22-35-28-12-5-6-15-37(28)42-39(35)23-34(31)33/h1-23H. The quantitative estimate of drug-likeness (QED) is 0.179. The van der Waals surface area contributed by atoms with Gasteiger partial charge >= 0.3 is 0 Å². The van der Waals surface area contributed by atoms with Crippen LogP contribution in [0, 0.1) is 0 Å². The lowest BCUT2D eigenvalue weighted by Gasteiger charge is -2.14. The maximum Gasteiger partial charge on any atom is 0.0534 e. The Morgan fingerprint density at radius 3 is 2.00 bits per heavy atom. The zero-order valence-electron chi connectivity index (χ0n) is 23.0. The second kappa shape index (κ2) is 8.78. The number of aromatic nitrogens is 1. The summed E-state index contributed by atoms with van der Waals surface area (Å²) < 4.78 is 7.68. The summed E-state index contributed by atoms with van der Waals surface area (Å²) in [5.74, 6) is 0. The largest absolute Gasteiger partial charge is 0.317 e. The zero-order chi connectivity index (χ0) is 28.1. The van der Waals surface area contributed by atoms with Gasteiger partial charge in [-0.2, -0.15) is 0 Å².